The van der Waals surface area contributed by atoms with Crippen molar-refractivity contribution in [3.8, 4) is 17.3 Å². The van der Waals surface area contributed by atoms with Crippen molar-refractivity contribution in [2.75, 3.05) is 12.8 Å². The van der Waals surface area contributed by atoms with Gasteiger partial charge < -0.3 is 10.4 Å². The molecule has 0 bridgehead atoms. The fraction of sp³-hybridized carbons (Fsp3) is 0.577. The fourth-order valence-corrected chi connectivity index (χ4v) is 6.16. The van der Waals surface area contributed by atoms with Crippen molar-refractivity contribution in [3.63, 3.8) is 0 Å². The van der Waals surface area contributed by atoms with Crippen LogP contribution in [0.2, 0.25) is 5.02 Å². The Morgan fingerprint density at radius 3 is 2.44 bits per heavy atom. The van der Waals surface area contributed by atoms with Crippen LogP contribution < -0.4 is 5.32 Å². The number of halogens is 4. The van der Waals surface area contributed by atoms with Crippen LogP contribution in [0.25, 0.3) is 11.3 Å². The summed E-state index contributed by atoms with van der Waals surface area (Å²) in [7, 11) is -3.21. The number of carbonyl (C=O) groups excluding carboxylic acids is 1. The molecule has 0 radical (unpaired) electrons. The van der Waals surface area contributed by atoms with E-state index < -0.39 is 38.2 Å². The largest absolute Gasteiger partial charge is 0.394 e. The number of hydrogen-bond acceptors (Lipinski definition) is 6. The van der Waals surface area contributed by atoms with Crippen molar-refractivity contribution in [3.05, 3.63) is 40.0 Å². The highest BCUT2D eigenvalue weighted by Crippen LogP contribution is 2.41. The van der Waals surface area contributed by atoms with Crippen molar-refractivity contribution < 1.29 is 31.5 Å². The van der Waals surface area contributed by atoms with Crippen molar-refractivity contribution in [2.45, 2.75) is 76.4 Å². The quantitative estimate of drug-likeness (QED) is 0.461. The van der Waals surface area contributed by atoms with Gasteiger partial charge in [-0.1, -0.05) is 37.6 Å². The lowest BCUT2D eigenvalue weighted by Crippen LogP contribution is -2.47. The number of sulfone groups is 1. The van der Waals surface area contributed by atoms with Crippen LogP contribution in [0.5, 0.6) is 0 Å². The van der Waals surface area contributed by atoms with Gasteiger partial charge in [-0.15, -0.1) is 0 Å². The zero-order valence-corrected chi connectivity index (χ0v) is 23.8. The van der Waals surface area contributed by atoms with E-state index in [1.54, 1.807) is 6.92 Å². The number of carbonyl (C=O) groups is 1. The summed E-state index contributed by atoms with van der Waals surface area (Å²) in [6.45, 7) is 4.10. The van der Waals surface area contributed by atoms with Gasteiger partial charge in [0.05, 0.1) is 38.6 Å². The lowest BCUT2D eigenvalue weighted by Gasteiger charge is -2.35. The highest BCUT2D eigenvalue weighted by atomic mass is 35.5. The third-order valence-corrected chi connectivity index (χ3v) is 9.37. The zero-order chi connectivity index (χ0) is 29.4. The van der Waals surface area contributed by atoms with Gasteiger partial charge >= 0.3 is 6.18 Å². The molecule has 39 heavy (non-hydrogen) atoms. The van der Waals surface area contributed by atoms with E-state index in [1.807, 2.05) is 6.07 Å². The molecule has 13 heteroatoms. The van der Waals surface area contributed by atoms with Gasteiger partial charge in [-0.2, -0.15) is 23.5 Å². The number of nitrogens with zero attached hydrogens (tertiary/aromatic N) is 3. The van der Waals surface area contributed by atoms with Crippen LogP contribution in [0.3, 0.4) is 0 Å². The van der Waals surface area contributed by atoms with Crippen molar-refractivity contribution in [2.24, 2.45) is 5.41 Å². The minimum atomic E-state index is -4.43. The summed E-state index contributed by atoms with van der Waals surface area (Å²) in [5.41, 5.74) is -2.39. The predicted octanol–water partition coefficient (Wildman–Crippen LogP) is 4.67. The highest BCUT2D eigenvalue weighted by Gasteiger charge is 2.47. The molecule has 1 heterocycles. The smallest absolute Gasteiger partial charge is 0.388 e. The lowest BCUT2D eigenvalue weighted by molar-refractivity contribution is -0.211. The van der Waals surface area contributed by atoms with Gasteiger partial charge in [0.25, 0.3) is 5.91 Å². The van der Waals surface area contributed by atoms with Gasteiger partial charge in [0.1, 0.15) is 9.84 Å². The number of aliphatic hydroxyl groups is 1. The molecule has 1 fully saturated rings. The molecule has 0 saturated heterocycles. The zero-order valence-electron chi connectivity index (χ0n) is 22.2. The molecule has 1 aromatic heterocycles. The van der Waals surface area contributed by atoms with E-state index >= 15 is 0 Å². The monoisotopic (exact) mass is 588 g/mol. The molecule has 1 aliphatic carbocycles. The van der Waals surface area contributed by atoms with Gasteiger partial charge in [-0.25, -0.2) is 8.42 Å². The van der Waals surface area contributed by atoms with Crippen LogP contribution in [0, 0.1) is 16.7 Å². The number of aromatic nitrogens is 2. The Morgan fingerprint density at radius 1 is 1.31 bits per heavy atom. The van der Waals surface area contributed by atoms with Gasteiger partial charge in [0.2, 0.25) is 0 Å². The first-order chi connectivity index (χ1) is 17.9. The van der Waals surface area contributed by atoms with E-state index in [4.69, 9.17) is 11.6 Å². The second kappa shape index (κ2) is 11.1. The van der Waals surface area contributed by atoms with Crippen LogP contribution in [-0.2, 0) is 22.8 Å². The second-order valence-corrected chi connectivity index (χ2v) is 13.5. The molecule has 1 aliphatic rings. The SMILES string of the molecule is CCn1nc(C(=O)NCC2(O)CCC(S(C)(=O)=O)CC2)c(Cl)c1-c1ccc(CC(C)(C)C(F)(F)F)cc1C#N. The molecule has 1 amide bonds. The van der Waals surface area contributed by atoms with Crippen LogP contribution in [0.4, 0.5) is 13.2 Å². The minimum absolute atomic E-state index is 0.0398. The Labute approximate surface area is 231 Å². The first-order valence-corrected chi connectivity index (χ1v) is 14.8. The average molecular weight is 589 g/mol. The molecule has 214 valence electrons. The number of nitriles is 1. The summed E-state index contributed by atoms with van der Waals surface area (Å²) in [6, 6.07) is 6.38. The lowest BCUT2D eigenvalue weighted by atomic mass is 9.84. The molecule has 1 aromatic carbocycles. The molecule has 1 saturated carbocycles. The number of hydrogen-bond donors (Lipinski definition) is 2. The Hall–Kier alpha value is -2.62. The molecule has 2 N–H and O–H groups in total. The van der Waals surface area contributed by atoms with E-state index in [9.17, 15) is 36.8 Å². The van der Waals surface area contributed by atoms with Crippen molar-refractivity contribution >= 4 is 27.3 Å². The summed E-state index contributed by atoms with van der Waals surface area (Å²) in [5.74, 6) is -0.658. The Bertz CT molecular complexity index is 1390. The number of alkyl halides is 3. The molecule has 2 aromatic rings. The molecular formula is C26H32ClF3N4O4S. The fourth-order valence-electron chi connectivity index (χ4n) is 4.74. The maximum Gasteiger partial charge on any atom is 0.394 e. The first-order valence-electron chi connectivity index (χ1n) is 12.5. The number of aryl methyl sites for hydroxylation is 1. The van der Waals surface area contributed by atoms with Gasteiger partial charge in [0, 0.05) is 24.9 Å². The number of nitrogens with one attached hydrogen (secondary N) is 1. The van der Waals surface area contributed by atoms with E-state index in [0.717, 1.165) is 13.8 Å². The Balaban J connectivity index is 1.84. The molecule has 0 spiro atoms. The van der Waals surface area contributed by atoms with Crippen LogP contribution in [0.15, 0.2) is 18.2 Å². The normalized spacial score (nSPS) is 20.5. The Kier molecular flexibility index (Phi) is 8.80. The van der Waals surface area contributed by atoms with E-state index in [0.29, 0.717) is 11.1 Å². The molecule has 0 atom stereocenters. The Morgan fingerprint density at radius 2 is 1.92 bits per heavy atom. The van der Waals surface area contributed by atoms with Crippen molar-refractivity contribution in [1.82, 2.24) is 15.1 Å². The maximum absolute atomic E-state index is 13.4. The third kappa shape index (κ3) is 6.76. The van der Waals surface area contributed by atoms with Gasteiger partial charge in [0.15, 0.2) is 5.69 Å². The van der Waals surface area contributed by atoms with Gasteiger partial charge in [-0.3, -0.25) is 9.48 Å². The summed E-state index contributed by atoms with van der Waals surface area (Å²) in [4.78, 5) is 13.0. The van der Waals surface area contributed by atoms with E-state index in [-0.39, 0.29) is 67.2 Å². The van der Waals surface area contributed by atoms with Gasteiger partial charge in [-0.05, 0) is 50.7 Å². The summed E-state index contributed by atoms with van der Waals surface area (Å²) < 4.78 is 65.1. The predicted molar refractivity (Wildman–Crippen MR) is 141 cm³/mol. The number of benzene rings is 1. The van der Waals surface area contributed by atoms with E-state index in [1.165, 1.54) is 29.1 Å². The summed E-state index contributed by atoms with van der Waals surface area (Å²) >= 11 is 6.57. The molecule has 0 unspecified atom stereocenters. The minimum Gasteiger partial charge on any atom is -0.388 e. The number of rotatable bonds is 8. The van der Waals surface area contributed by atoms with Crippen LogP contribution >= 0.6 is 11.6 Å². The summed E-state index contributed by atoms with van der Waals surface area (Å²) in [6.07, 6.45) is -2.60. The third-order valence-electron chi connectivity index (χ3n) is 7.33. The standard InChI is InChI=1S/C26H32ClF3N4O4S/c1-5-34-22(19-7-6-16(12-17(19)14-31)13-24(2,3)26(28,29)30)20(27)21(33-34)23(35)32-15-25(36)10-8-18(9-11-25)39(4,37)38/h6-7,12,18,36H,5,8-11,13,15H2,1-4H3,(H,32,35). The molecule has 3 rings (SSSR count). The summed E-state index contributed by atoms with van der Waals surface area (Å²) in [5, 5.41) is 27.0. The van der Waals surface area contributed by atoms with Crippen LogP contribution in [-0.4, -0.2) is 59.0 Å². The molecule has 0 aliphatic heterocycles. The average Bonchev–Trinajstić information content (AvgIpc) is 3.17. The highest BCUT2D eigenvalue weighted by molar-refractivity contribution is 7.91. The maximum atomic E-state index is 13.4. The molecule has 8 nitrogen and oxygen atoms in total. The second-order valence-electron chi connectivity index (χ2n) is 10.8. The number of amides is 1. The topological polar surface area (TPSA) is 125 Å². The van der Waals surface area contributed by atoms with Crippen LogP contribution in [0.1, 0.15) is 68.1 Å². The first kappa shape index (κ1) is 30.9. The van der Waals surface area contributed by atoms with Crippen molar-refractivity contribution in [1.29, 1.82) is 5.26 Å². The molecular weight excluding hydrogens is 557 g/mol. The van der Waals surface area contributed by atoms with E-state index in [2.05, 4.69) is 10.4 Å².